The molecule has 160 valence electrons. The van der Waals surface area contributed by atoms with Crippen LogP contribution in [0.1, 0.15) is 11.1 Å². The van der Waals surface area contributed by atoms with Crippen molar-refractivity contribution in [2.75, 3.05) is 13.2 Å². The number of rotatable bonds is 8. The lowest BCUT2D eigenvalue weighted by molar-refractivity contribution is -0.153. The molecule has 2 N–H and O–H groups in total. The van der Waals surface area contributed by atoms with Crippen molar-refractivity contribution in [3.05, 3.63) is 90.1 Å². The number of halogens is 3. The van der Waals surface area contributed by atoms with E-state index in [4.69, 9.17) is 4.74 Å². The van der Waals surface area contributed by atoms with E-state index in [-0.39, 0.29) is 5.75 Å². The summed E-state index contributed by atoms with van der Waals surface area (Å²) in [4.78, 5) is 3.35. The lowest BCUT2D eigenvalue weighted by Crippen LogP contribution is -2.19. The Bertz CT molecular complexity index is 1140. The van der Waals surface area contributed by atoms with E-state index in [1.807, 2.05) is 30.5 Å². The molecule has 0 radical (unpaired) electrons. The van der Waals surface area contributed by atoms with E-state index in [0.717, 1.165) is 24.0 Å². The first-order valence-electron chi connectivity index (χ1n) is 10.1. The monoisotopic (exact) mass is 424 g/mol. The van der Waals surface area contributed by atoms with Gasteiger partial charge in [-0.1, -0.05) is 54.6 Å². The summed E-state index contributed by atoms with van der Waals surface area (Å²) in [5, 5.41) is 4.59. The quantitative estimate of drug-likeness (QED) is 0.335. The summed E-state index contributed by atoms with van der Waals surface area (Å²) >= 11 is 0. The van der Waals surface area contributed by atoms with E-state index < -0.39 is 12.8 Å². The predicted molar refractivity (Wildman–Crippen MR) is 117 cm³/mol. The molecule has 6 heteroatoms. The Kier molecular flexibility index (Phi) is 6.28. The zero-order chi connectivity index (χ0) is 21.7. The fraction of sp³-hybridized carbons (Fsp3) is 0.200. The van der Waals surface area contributed by atoms with Gasteiger partial charge in [-0.25, -0.2) is 0 Å². The van der Waals surface area contributed by atoms with Crippen LogP contribution < -0.4 is 10.1 Å². The summed E-state index contributed by atoms with van der Waals surface area (Å²) in [5.41, 5.74) is 5.58. The molecule has 3 nitrogen and oxygen atoms in total. The van der Waals surface area contributed by atoms with Crippen molar-refractivity contribution in [1.29, 1.82) is 0 Å². The molecule has 4 aromatic rings. The summed E-state index contributed by atoms with van der Waals surface area (Å²) in [7, 11) is 0. The molecule has 0 unspecified atom stereocenters. The van der Waals surface area contributed by atoms with Gasteiger partial charge in [0.15, 0.2) is 6.61 Å². The molecular weight excluding hydrogens is 401 g/mol. The highest BCUT2D eigenvalue weighted by atomic mass is 19.4. The third-order valence-electron chi connectivity index (χ3n) is 5.07. The molecule has 0 aliphatic heterocycles. The Morgan fingerprint density at radius 3 is 2.52 bits per heavy atom. The maximum absolute atomic E-state index is 12.3. The van der Waals surface area contributed by atoms with E-state index >= 15 is 0 Å². The van der Waals surface area contributed by atoms with Gasteiger partial charge in [0.2, 0.25) is 0 Å². The second kappa shape index (κ2) is 9.27. The Labute approximate surface area is 178 Å². The van der Waals surface area contributed by atoms with Gasteiger partial charge in [-0.05, 0) is 53.4 Å². The Morgan fingerprint density at radius 1 is 0.903 bits per heavy atom. The number of aromatic nitrogens is 1. The first-order chi connectivity index (χ1) is 15.0. The van der Waals surface area contributed by atoms with Crippen LogP contribution in [0, 0.1) is 0 Å². The zero-order valence-electron chi connectivity index (χ0n) is 16.9. The fourth-order valence-electron chi connectivity index (χ4n) is 3.68. The summed E-state index contributed by atoms with van der Waals surface area (Å²) in [5.74, 6) is 0.223. The van der Waals surface area contributed by atoms with Crippen LogP contribution in [0.25, 0.3) is 22.0 Å². The maximum Gasteiger partial charge on any atom is 0.422 e. The topological polar surface area (TPSA) is 37.0 Å². The van der Waals surface area contributed by atoms with Crippen LogP contribution in [0.4, 0.5) is 13.2 Å². The molecule has 0 fully saturated rings. The highest BCUT2D eigenvalue weighted by Gasteiger charge is 2.28. The number of alkyl halides is 3. The SMILES string of the molecule is FC(F)(F)COc1cccc(CNCCc2c[nH]c3cccc(-c4ccccc4)c23)c1. The van der Waals surface area contributed by atoms with Crippen LogP contribution >= 0.6 is 0 Å². The van der Waals surface area contributed by atoms with Gasteiger partial charge in [-0.3, -0.25) is 0 Å². The average Bonchev–Trinajstić information content (AvgIpc) is 3.19. The van der Waals surface area contributed by atoms with Gasteiger partial charge in [0.05, 0.1) is 0 Å². The van der Waals surface area contributed by atoms with Crippen molar-refractivity contribution >= 4 is 10.9 Å². The Balaban J connectivity index is 1.39. The number of aromatic amines is 1. The van der Waals surface area contributed by atoms with Crippen molar-refractivity contribution in [3.63, 3.8) is 0 Å². The van der Waals surface area contributed by atoms with Crippen LogP contribution in [0.3, 0.4) is 0 Å². The lowest BCUT2D eigenvalue weighted by atomic mass is 9.98. The molecule has 0 amide bonds. The average molecular weight is 424 g/mol. The highest BCUT2D eigenvalue weighted by Crippen LogP contribution is 2.31. The predicted octanol–water partition coefficient (Wildman–Crippen LogP) is 6.11. The minimum Gasteiger partial charge on any atom is -0.484 e. The van der Waals surface area contributed by atoms with Crippen molar-refractivity contribution in [1.82, 2.24) is 10.3 Å². The van der Waals surface area contributed by atoms with E-state index in [2.05, 4.69) is 40.6 Å². The highest BCUT2D eigenvalue weighted by molar-refractivity contribution is 5.97. The smallest absolute Gasteiger partial charge is 0.422 e. The number of hydrogen-bond donors (Lipinski definition) is 2. The van der Waals surface area contributed by atoms with E-state index in [1.165, 1.54) is 28.1 Å². The second-order valence-corrected chi connectivity index (χ2v) is 7.39. The fourth-order valence-corrected chi connectivity index (χ4v) is 3.68. The van der Waals surface area contributed by atoms with E-state index in [0.29, 0.717) is 6.54 Å². The summed E-state index contributed by atoms with van der Waals surface area (Å²) in [6, 6.07) is 23.3. The standard InChI is InChI=1S/C25H23F3N2O/c26-25(27,28)17-31-21-9-4-6-18(14-21)15-29-13-12-20-16-30-23-11-5-10-22(24(20)23)19-7-2-1-3-8-19/h1-11,14,16,29-30H,12-13,15,17H2. The van der Waals surface area contributed by atoms with Crippen LogP contribution in [0.5, 0.6) is 5.75 Å². The summed E-state index contributed by atoms with van der Waals surface area (Å²) < 4.78 is 41.8. The normalized spacial score (nSPS) is 11.7. The second-order valence-electron chi connectivity index (χ2n) is 7.39. The van der Waals surface area contributed by atoms with Gasteiger partial charge in [-0.2, -0.15) is 13.2 Å². The van der Waals surface area contributed by atoms with Gasteiger partial charge < -0.3 is 15.0 Å². The molecular formula is C25H23F3N2O. The number of nitrogens with one attached hydrogen (secondary N) is 2. The molecule has 1 aromatic heterocycles. The maximum atomic E-state index is 12.3. The molecule has 0 aliphatic rings. The summed E-state index contributed by atoms with van der Waals surface area (Å²) in [6.45, 7) is 0.00895. The largest absolute Gasteiger partial charge is 0.484 e. The lowest BCUT2D eigenvalue weighted by Gasteiger charge is -2.11. The number of ether oxygens (including phenoxy) is 1. The van der Waals surface area contributed by atoms with Gasteiger partial charge in [0.1, 0.15) is 5.75 Å². The zero-order valence-corrected chi connectivity index (χ0v) is 16.9. The molecule has 0 saturated heterocycles. The number of H-pyrrole nitrogens is 1. The number of fused-ring (bicyclic) bond motifs is 1. The first kappa shape index (κ1) is 21.0. The minimum absolute atomic E-state index is 0.223. The molecule has 3 aromatic carbocycles. The first-order valence-corrected chi connectivity index (χ1v) is 10.1. The third kappa shape index (κ3) is 5.47. The van der Waals surface area contributed by atoms with Gasteiger partial charge in [-0.15, -0.1) is 0 Å². The van der Waals surface area contributed by atoms with E-state index in [9.17, 15) is 13.2 Å². The van der Waals surface area contributed by atoms with Crippen LogP contribution in [-0.4, -0.2) is 24.3 Å². The van der Waals surface area contributed by atoms with Gasteiger partial charge in [0, 0.05) is 23.6 Å². The number of benzene rings is 3. The van der Waals surface area contributed by atoms with Crippen molar-refractivity contribution < 1.29 is 17.9 Å². The van der Waals surface area contributed by atoms with Crippen LogP contribution in [-0.2, 0) is 13.0 Å². The van der Waals surface area contributed by atoms with Gasteiger partial charge in [0.25, 0.3) is 0 Å². The van der Waals surface area contributed by atoms with Crippen molar-refractivity contribution in [3.8, 4) is 16.9 Å². The van der Waals surface area contributed by atoms with Crippen molar-refractivity contribution in [2.45, 2.75) is 19.1 Å². The Morgan fingerprint density at radius 2 is 1.71 bits per heavy atom. The summed E-state index contributed by atoms with van der Waals surface area (Å²) in [6.07, 6.45) is -1.47. The van der Waals surface area contributed by atoms with Crippen molar-refractivity contribution in [2.24, 2.45) is 0 Å². The molecule has 4 rings (SSSR count). The Hall–Kier alpha value is -3.25. The molecule has 0 spiro atoms. The molecule has 0 bridgehead atoms. The molecule has 0 aliphatic carbocycles. The van der Waals surface area contributed by atoms with E-state index in [1.54, 1.807) is 12.1 Å². The molecule has 0 atom stereocenters. The van der Waals surface area contributed by atoms with Crippen LogP contribution in [0.2, 0.25) is 0 Å². The number of hydrogen-bond acceptors (Lipinski definition) is 2. The molecule has 1 heterocycles. The molecule has 31 heavy (non-hydrogen) atoms. The minimum atomic E-state index is -4.34. The van der Waals surface area contributed by atoms with Crippen LogP contribution in [0.15, 0.2) is 79.0 Å². The third-order valence-corrected chi connectivity index (χ3v) is 5.07. The van der Waals surface area contributed by atoms with Gasteiger partial charge >= 0.3 is 6.18 Å². The molecule has 0 saturated carbocycles.